The molecule has 3 N–H and O–H groups in total. The van der Waals surface area contributed by atoms with Crippen molar-refractivity contribution in [2.75, 3.05) is 11.1 Å². The summed E-state index contributed by atoms with van der Waals surface area (Å²) in [5.74, 6) is 0. The van der Waals surface area contributed by atoms with Crippen molar-refractivity contribution in [3.05, 3.63) is 53.1 Å². The molecule has 0 saturated carbocycles. The number of rotatable bonds is 2. The van der Waals surface area contributed by atoms with E-state index in [4.69, 9.17) is 16.3 Å². The Morgan fingerprint density at radius 2 is 1.58 bits per heavy atom. The Balaban J connectivity index is 2.37. The SMILES string of the molecule is Cc1ccc(C#N)cc1Nc1ccc(C#N)cc1N. The molecule has 0 unspecified atom stereocenters. The van der Waals surface area contributed by atoms with Crippen LogP contribution in [0.2, 0.25) is 0 Å². The van der Waals surface area contributed by atoms with Crippen molar-refractivity contribution in [1.29, 1.82) is 10.5 Å². The maximum absolute atomic E-state index is 8.90. The third-order valence-electron chi connectivity index (χ3n) is 2.82. The molecule has 2 aromatic rings. The molecule has 0 saturated heterocycles. The van der Waals surface area contributed by atoms with Crippen LogP contribution in [0.3, 0.4) is 0 Å². The molecule has 0 aliphatic rings. The number of hydrogen-bond donors (Lipinski definition) is 2. The Labute approximate surface area is 111 Å². The van der Waals surface area contributed by atoms with Crippen LogP contribution >= 0.6 is 0 Å². The molecule has 4 nitrogen and oxygen atoms in total. The Hall–Kier alpha value is -2.98. The van der Waals surface area contributed by atoms with E-state index in [2.05, 4.69) is 11.4 Å². The lowest BCUT2D eigenvalue weighted by atomic mass is 10.1. The highest BCUT2D eigenvalue weighted by Gasteiger charge is 2.04. The molecule has 0 atom stereocenters. The first-order valence-corrected chi connectivity index (χ1v) is 5.71. The molecule has 0 aromatic heterocycles. The number of hydrogen-bond acceptors (Lipinski definition) is 4. The second-order valence-corrected chi connectivity index (χ2v) is 4.18. The van der Waals surface area contributed by atoms with E-state index in [9.17, 15) is 0 Å². The van der Waals surface area contributed by atoms with Gasteiger partial charge in [0.25, 0.3) is 0 Å². The fourth-order valence-corrected chi connectivity index (χ4v) is 1.72. The van der Waals surface area contributed by atoms with Gasteiger partial charge in [-0.1, -0.05) is 6.07 Å². The van der Waals surface area contributed by atoms with Gasteiger partial charge in [-0.25, -0.2) is 0 Å². The summed E-state index contributed by atoms with van der Waals surface area (Å²) in [6.45, 7) is 1.95. The zero-order valence-electron chi connectivity index (χ0n) is 10.4. The van der Waals surface area contributed by atoms with Crippen molar-refractivity contribution < 1.29 is 0 Å². The zero-order chi connectivity index (χ0) is 13.8. The van der Waals surface area contributed by atoms with Crippen LogP contribution in [0.1, 0.15) is 16.7 Å². The molecule has 0 heterocycles. The first kappa shape index (κ1) is 12.5. The fraction of sp³-hybridized carbons (Fsp3) is 0.0667. The number of nitrogens with two attached hydrogens (primary N) is 1. The third-order valence-corrected chi connectivity index (χ3v) is 2.82. The lowest BCUT2D eigenvalue weighted by molar-refractivity contribution is 1.40. The summed E-state index contributed by atoms with van der Waals surface area (Å²) < 4.78 is 0. The molecule has 0 radical (unpaired) electrons. The monoisotopic (exact) mass is 248 g/mol. The minimum atomic E-state index is 0.501. The molecule has 0 aliphatic heterocycles. The number of aryl methyl sites for hydroxylation is 1. The van der Waals surface area contributed by atoms with Gasteiger partial charge in [0, 0.05) is 5.69 Å². The number of nitriles is 2. The van der Waals surface area contributed by atoms with Crippen LogP contribution in [-0.2, 0) is 0 Å². The van der Waals surface area contributed by atoms with Crippen LogP contribution in [0, 0.1) is 29.6 Å². The minimum Gasteiger partial charge on any atom is -0.397 e. The highest BCUT2D eigenvalue weighted by Crippen LogP contribution is 2.26. The third kappa shape index (κ3) is 2.65. The van der Waals surface area contributed by atoms with Gasteiger partial charge in [-0.3, -0.25) is 0 Å². The highest BCUT2D eigenvalue weighted by molar-refractivity contribution is 5.75. The van der Waals surface area contributed by atoms with E-state index in [-0.39, 0.29) is 0 Å². The molecular weight excluding hydrogens is 236 g/mol. The van der Waals surface area contributed by atoms with Gasteiger partial charge in [-0.2, -0.15) is 10.5 Å². The minimum absolute atomic E-state index is 0.501. The lowest BCUT2D eigenvalue weighted by Gasteiger charge is -2.12. The van der Waals surface area contributed by atoms with E-state index in [0.29, 0.717) is 16.8 Å². The van der Waals surface area contributed by atoms with Gasteiger partial charge >= 0.3 is 0 Å². The molecule has 0 spiro atoms. The van der Waals surface area contributed by atoms with E-state index >= 15 is 0 Å². The predicted octanol–water partition coefficient (Wildman–Crippen LogP) is 3.06. The summed E-state index contributed by atoms with van der Waals surface area (Å²) in [4.78, 5) is 0. The van der Waals surface area contributed by atoms with Crippen molar-refractivity contribution in [3.8, 4) is 12.1 Å². The maximum atomic E-state index is 8.90. The number of nitrogens with one attached hydrogen (secondary N) is 1. The topological polar surface area (TPSA) is 85.6 Å². The van der Waals surface area contributed by atoms with Crippen LogP contribution < -0.4 is 11.1 Å². The second kappa shape index (κ2) is 5.12. The van der Waals surface area contributed by atoms with E-state index < -0.39 is 0 Å². The normalized spacial score (nSPS) is 9.42. The van der Waals surface area contributed by atoms with E-state index in [1.54, 1.807) is 30.3 Å². The molecule has 2 aromatic carbocycles. The van der Waals surface area contributed by atoms with Gasteiger partial charge in [0.15, 0.2) is 0 Å². The summed E-state index contributed by atoms with van der Waals surface area (Å²) in [6, 6.07) is 14.6. The highest BCUT2D eigenvalue weighted by atomic mass is 14.9. The van der Waals surface area contributed by atoms with Crippen LogP contribution in [0.4, 0.5) is 17.1 Å². The van der Waals surface area contributed by atoms with Gasteiger partial charge in [-0.15, -0.1) is 0 Å². The molecule has 0 fully saturated rings. The second-order valence-electron chi connectivity index (χ2n) is 4.18. The summed E-state index contributed by atoms with van der Waals surface area (Å²) in [5, 5.41) is 20.9. The molecule has 2 rings (SSSR count). The molecule has 4 heteroatoms. The van der Waals surface area contributed by atoms with Crippen molar-refractivity contribution in [3.63, 3.8) is 0 Å². The van der Waals surface area contributed by atoms with Crippen molar-refractivity contribution in [2.24, 2.45) is 0 Å². The van der Waals surface area contributed by atoms with Gasteiger partial charge in [0.2, 0.25) is 0 Å². The lowest BCUT2D eigenvalue weighted by Crippen LogP contribution is -1.98. The van der Waals surface area contributed by atoms with Crippen LogP contribution in [0.5, 0.6) is 0 Å². The number of nitrogen functional groups attached to an aromatic ring is 1. The molecule has 92 valence electrons. The standard InChI is InChI=1S/C15H12N4/c1-10-2-3-12(9-17)7-15(10)19-14-5-4-11(8-16)6-13(14)18/h2-7,19H,18H2,1H3. The molecule has 0 bridgehead atoms. The van der Waals surface area contributed by atoms with Gasteiger partial charge < -0.3 is 11.1 Å². The van der Waals surface area contributed by atoms with Gasteiger partial charge in [0.1, 0.15) is 0 Å². The zero-order valence-corrected chi connectivity index (χ0v) is 10.4. The average Bonchev–Trinajstić information content (AvgIpc) is 2.43. The predicted molar refractivity (Wildman–Crippen MR) is 74.7 cm³/mol. The van der Waals surface area contributed by atoms with Gasteiger partial charge in [0.05, 0.1) is 34.6 Å². The number of benzene rings is 2. The summed E-state index contributed by atoms with van der Waals surface area (Å²) in [7, 11) is 0. The summed E-state index contributed by atoms with van der Waals surface area (Å²) in [6.07, 6.45) is 0. The van der Waals surface area contributed by atoms with Crippen LogP contribution in [0.15, 0.2) is 36.4 Å². The van der Waals surface area contributed by atoms with E-state index in [1.165, 1.54) is 0 Å². The first-order valence-electron chi connectivity index (χ1n) is 5.71. The Kier molecular flexibility index (Phi) is 3.36. The molecule has 19 heavy (non-hydrogen) atoms. The number of nitrogens with zero attached hydrogens (tertiary/aromatic N) is 2. The molecule has 0 aliphatic carbocycles. The molecule has 0 amide bonds. The Morgan fingerprint density at radius 1 is 0.947 bits per heavy atom. The van der Waals surface area contributed by atoms with E-state index in [0.717, 1.165) is 16.9 Å². The Bertz CT molecular complexity index is 705. The average molecular weight is 248 g/mol. The fourth-order valence-electron chi connectivity index (χ4n) is 1.72. The number of anilines is 3. The summed E-state index contributed by atoms with van der Waals surface area (Å²) in [5.41, 5.74) is 10.1. The van der Waals surface area contributed by atoms with Crippen molar-refractivity contribution in [2.45, 2.75) is 6.92 Å². The molecular formula is C15H12N4. The van der Waals surface area contributed by atoms with Crippen LogP contribution in [-0.4, -0.2) is 0 Å². The first-order chi connectivity index (χ1) is 9.13. The van der Waals surface area contributed by atoms with Crippen molar-refractivity contribution in [1.82, 2.24) is 0 Å². The largest absolute Gasteiger partial charge is 0.397 e. The van der Waals surface area contributed by atoms with Gasteiger partial charge in [-0.05, 0) is 42.8 Å². The smallest absolute Gasteiger partial charge is 0.0992 e. The Morgan fingerprint density at radius 3 is 2.21 bits per heavy atom. The van der Waals surface area contributed by atoms with Crippen molar-refractivity contribution >= 4 is 17.1 Å². The van der Waals surface area contributed by atoms with Crippen LogP contribution in [0.25, 0.3) is 0 Å². The maximum Gasteiger partial charge on any atom is 0.0992 e. The van der Waals surface area contributed by atoms with E-state index in [1.807, 2.05) is 19.1 Å². The summed E-state index contributed by atoms with van der Waals surface area (Å²) >= 11 is 0. The quantitative estimate of drug-likeness (QED) is 0.800.